The van der Waals surface area contributed by atoms with Crippen molar-refractivity contribution < 1.29 is 24.1 Å². The summed E-state index contributed by atoms with van der Waals surface area (Å²) in [5.74, 6) is 0.767. The molecule has 20 heavy (non-hydrogen) atoms. The molecule has 1 aromatic carbocycles. The molecule has 1 atom stereocenters. The molecular weight excluding hydrogens is 260 g/mol. The number of ether oxygens (including phenoxy) is 3. The minimum atomic E-state index is -1.39. The number of fused-ring (bicyclic) bond motifs is 1. The van der Waals surface area contributed by atoms with E-state index >= 15 is 0 Å². The summed E-state index contributed by atoms with van der Waals surface area (Å²) in [4.78, 5) is 12.1. The van der Waals surface area contributed by atoms with Crippen molar-refractivity contribution >= 4 is 5.97 Å². The predicted molar refractivity (Wildman–Crippen MR) is 72.5 cm³/mol. The second-order valence-electron chi connectivity index (χ2n) is 5.49. The summed E-state index contributed by atoms with van der Waals surface area (Å²) in [6.45, 7) is 7.11. The van der Waals surface area contributed by atoms with Gasteiger partial charge in [0, 0.05) is 0 Å². The number of aliphatic hydroxyl groups is 1. The summed E-state index contributed by atoms with van der Waals surface area (Å²) in [5, 5.41) is 10.8. The Morgan fingerprint density at radius 3 is 2.60 bits per heavy atom. The van der Waals surface area contributed by atoms with Gasteiger partial charge in [-0.25, -0.2) is 0 Å². The molecule has 0 spiro atoms. The zero-order valence-electron chi connectivity index (χ0n) is 12.2. The van der Waals surface area contributed by atoms with Gasteiger partial charge in [-0.2, -0.15) is 0 Å². The van der Waals surface area contributed by atoms with Crippen molar-refractivity contribution in [3.63, 3.8) is 0 Å². The highest BCUT2D eigenvalue weighted by Gasteiger charge is 2.48. The van der Waals surface area contributed by atoms with E-state index < -0.39 is 17.0 Å². The smallest absolute Gasteiger partial charge is 0.314 e. The average molecular weight is 280 g/mol. The molecule has 1 heterocycles. The van der Waals surface area contributed by atoms with Crippen molar-refractivity contribution in [2.45, 2.75) is 33.3 Å². The molecule has 1 N–H and O–H groups in total. The van der Waals surface area contributed by atoms with Gasteiger partial charge in [-0.3, -0.25) is 4.79 Å². The van der Waals surface area contributed by atoms with E-state index in [1.807, 2.05) is 0 Å². The lowest BCUT2D eigenvalue weighted by Gasteiger charge is -2.38. The Bertz CT molecular complexity index is 519. The lowest BCUT2D eigenvalue weighted by atomic mass is 9.72. The largest absolute Gasteiger partial charge is 0.465 e. The highest BCUT2D eigenvalue weighted by Crippen LogP contribution is 2.43. The van der Waals surface area contributed by atoms with Crippen LogP contribution in [-0.2, 0) is 15.1 Å². The first-order valence-corrected chi connectivity index (χ1v) is 6.60. The molecule has 0 fully saturated rings. The van der Waals surface area contributed by atoms with Crippen LogP contribution in [0.4, 0.5) is 0 Å². The number of hydrogen-bond donors (Lipinski definition) is 1. The van der Waals surface area contributed by atoms with E-state index in [9.17, 15) is 9.90 Å². The number of esters is 1. The van der Waals surface area contributed by atoms with E-state index in [-0.39, 0.29) is 13.4 Å². The summed E-state index contributed by atoms with van der Waals surface area (Å²) in [7, 11) is 0. The second-order valence-corrected chi connectivity index (χ2v) is 5.49. The maximum Gasteiger partial charge on any atom is 0.314 e. The van der Waals surface area contributed by atoms with Gasteiger partial charge in [-0.05, 0) is 45.4 Å². The third-order valence-corrected chi connectivity index (χ3v) is 3.94. The molecule has 0 saturated carbocycles. The van der Waals surface area contributed by atoms with Crippen LogP contribution in [0.3, 0.4) is 0 Å². The molecule has 2 rings (SSSR count). The molecule has 0 amide bonds. The first-order chi connectivity index (χ1) is 9.30. The highest BCUT2D eigenvalue weighted by molar-refractivity contribution is 5.78. The monoisotopic (exact) mass is 280 g/mol. The molecule has 0 aromatic heterocycles. The van der Waals surface area contributed by atoms with Crippen LogP contribution in [0.1, 0.15) is 33.3 Å². The minimum absolute atomic E-state index is 0.169. The van der Waals surface area contributed by atoms with Crippen LogP contribution >= 0.6 is 0 Å². The molecule has 0 aliphatic carbocycles. The summed E-state index contributed by atoms with van der Waals surface area (Å²) >= 11 is 0. The van der Waals surface area contributed by atoms with Gasteiger partial charge in [0.25, 0.3) is 0 Å². The molecule has 1 aromatic rings. The number of carbonyl (C=O) groups excluding carboxylic acids is 1. The first kappa shape index (κ1) is 14.7. The van der Waals surface area contributed by atoms with Crippen LogP contribution in [0.2, 0.25) is 0 Å². The van der Waals surface area contributed by atoms with E-state index in [2.05, 4.69) is 0 Å². The predicted octanol–water partition coefficient (Wildman–Crippen LogP) is 2.21. The summed E-state index contributed by atoms with van der Waals surface area (Å²) < 4.78 is 15.6. The lowest BCUT2D eigenvalue weighted by molar-refractivity contribution is -0.170. The number of carbonyl (C=O) groups is 1. The zero-order valence-corrected chi connectivity index (χ0v) is 12.2. The molecule has 5 nitrogen and oxygen atoms in total. The first-order valence-electron chi connectivity index (χ1n) is 6.60. The van der Waals surface area contributed by atoms with Crippen LogP contribution in [0, 0.1) is 5.41 Å². The van der Waals surface area contributed by atoms with E-state index in [4.69, 9.17) is 14.2 Å². The molecule has 110 valence electrons. The Morgan fingerprint density at radius 2 is 1.95 bits per heavy atom. The highest BCUT2D eigenvalue weighted by atomic mass is 16.7. The number of hydrogen-bond acceptors (Lipinski definition) is 5. The maximum atomic E-state index is 12.1. The third-order valence-electron chi connectivity index (χ3n) is 3.94. The van der Waals surface area contributed by atoms with Gasteiger partial charge in [0.2, 0.25) is 6.79 Å². The van der Waals surface area contributed by atoms with Crippen molar-refractivity contribution in [1.82, 2.24) is 0 Å². The van der Waals surface area contributed by atoms with E-state index in [0.717, 1.165) is 0 Å². The number of benzene rings is 1. The van der Waals surface area contributed by atoms with Crippen molar-refractivity contribution in [3.8, 4) is 11.5 Å². The maximum absolute atomic E-state index is 12.1. The third kappa shape index (κ3) is 2.22. The standard InChI is InChI=1S/C15H20O5/c1-5-18-13(16)14(2,3)15(4,17)10-6-7-11-12(8-10)20-9-19-11/h6-8,17H,5,9H2,1-4H3. The Morgan fingerprint density at radius 1 is 1.30 bits per heavy atom. The Kier molecular flexibility index (Phi) is 3.65. The molecule has 5 heteroatoms. The SMILES string of the molecule is CCOC(=O)C(C)(C)C(C)(O)c1ccc2c(c1)OCO2. The normalized spacial score (nSPS) is 16.6. The van der Waals surface area contributed by atoms with Crippen molar-refractivity contribution in [3.05, 3.63) is 23.8 Å². The van der Waals surface area contributed by atoms with Crippen LogP contribution in [0.25, 0.3) is 0 Å². The van der Waals surface area contributed by atoms with E-state index in [1.165, 1.54) is 0 Å². The summed E-state index contributed by atoms with van der Waals surface area (Å²) in [5.41, 5.74) is -1.89. The van der Waals surface area contributed by atoms with Crippen LogP contribution in [0.15, 0.2) is 18.2 Å². The summed E-state index contributed by atoms with van der Waals surface area (Å²) in [6.07, 6.45) is 0. The zero-order chi connectivity index (χ0) is 15.0. The van der Waals surface area contributed by atoms with Crippen LogP contribution < -0.4 is 9.47 Å². The summed E-state index contributed by atoms with van der Waals surface area (Å²) in [6, 6.07) is 5.16. The molecule has 0 bridgehead atoms. The molecule has 1 unspecified atom stereocenters. The fraction of sp³-hybridized carbons (Fsp3) is 0.533. The Labute approximate surface area is 118 Å². The molecule has 1 aliphatic heterocycles. The van der Waals surface area contributed by atoms with Crippen molar-refractivity contribution in [2.24, 2.45) is 5.41 Å². The van der Waals surface area contributed by atoms with Crippen molar-refractivity contribution in [2.75, 3.05) is 13.4 Å². The topological polar surface area (TPSA) is 65.0 Å². The number of rotatable bonds is 4. The molecular formula is C15H20O5. The fourth-order valence-electron chi connectivity index (χ4n) is 2.07. The van der Waals surface area contributed by atoms with Gasteiger partial charge in [0.1, 0.15) is 5.60 Å². The van der Waals surface area contributed by atoms with Gasteiger partial charge in [0.05, 0.1) is 12.0 Å². The van der Waals surface area contributed by atoms with E-state index in [1.54, 1.807) is 45.9 Å². The van der Waals surface area contributed by atoms with Crippen molar-refractivity contribution in [1.29, 1.82) is 0 Å². The lowest BCUT2D eigenvalue weighted by Crippen LogP contribution is -2.46. The minimum Gasteiger partial charge on any atom is -0.465 e. The average Bonchev–Trinajstić information content (AvgIpc) is 2.85. The Balaban J connectivity index is 2.36. The molecule has 0 radical (unpaired) electrons. The molecule has 1 aliphatic rings. The molecule has 0 saturated heterocycles. The Hall–Kier alpha value is -1.75. The second kappa shape index (κ2) is 4.98. The van der Waals surface area contributed by atoms with Gasteiger partial charge in [-0.15, -0.1) is 0 Å². The van der Waals surface area contributed by atoms with Crippen LogP contribution in [0.5, 0.6) is 11.5 Å². The van der Waals surface area contributed by atoms with Gasteiger partial charge in [0.15, 0.2) is 11.5 Å². The van der Waals surface area contributed by atoms with Gasteiger partial charge >= 0.3 is 5.97 Å². The van der Waals surface area contributed by atoms with Crippen LogP contribution in [-0.4, -0.2) is 24.5 Å². The van der Waals surface area contributed by atoms with E-state index in [0.29, 0.717) is 17.1 Å². The van der Waals surface area contributed by atoms with Gasteiger partial charge < -0.3 is 19.3 Å². The fourth-order valence-corrected chi connectivity index (χ4v) is 2.07. The quantitative estimate of drug-likeness (QED) is 0.857. The van der Waals surface area contributed by atoms with Gasteiger partial charge in [-0.1, -0.05) is 6.07 Å².